The van der Waals surface area contributed by atoms with E-state index in [1.165, 1.54) is 6.26 Å². The molecule has 31 heavy (non-hydrogen) atoms. The van der Waals surface area contributed by atoms with E-state index in [9.17, 15) is 9.59 Å². The number of furan rings is 1. The minimum atomic E-state index is -0.432. The molecule has 2 aliphatic heterocycles. The van der Waals surface area contributed by atoms with Crippen molar-refractivity contribution < 1.29 is 14.0 Å². The second-order valence-corrected chi connectivity index (χ2v) is 7.67. The van der Waals surface area contributed by atoms with Crippen molar-refractivity contribution >= 4 is 17.8 Å². The first-order valence-corrected chi connectivity index (χ1v) is 10.4. The van der Waals surface area contributed by atoms with Crippen LogP contribution in [0.4, 0.5) is 5.95 Å². The predicted molar refractivity (Wildman–Crippen MR) is 111 cm³/mol. The number of hydrogen-bond donors (Lipinski definition) is 0. The van der Waals surface area contributed by atoms with Crippen LogP contribution in [0, 0.1) is 0 Å². The molecule has 160 valence electrons. The highest BCUT2D eigenvalue weighted by Crippen LogP contribution is 2.24. The van der Waals surface area contributed by atoms with Crippen molar-refractivity contribution in [2.75, 3.05) is 37.6 Å². The molecule has 0 saturated carbocycles. The van der Waals surface area contributed by atoms with Gasteiger partial charge in [0.05, 0.1) is 12.0 Å². The molecular weight excluding hydrogens is 398 g/mol. The molecule has 0 bridgehead atoms. The molecule has 3 aromatic rings. The van der Waals surface area contributed by atoms with Crippen LogP contribution < -0.4 is 4.90 Å². The molecule has 10 nitrogen and oxygen atoms in total. The number of hydrogen-bond acceptors (Lipinski definition) is 7. The molecule has 10 heteroatoms. The van der Waals surface area contributed by atoms with Crippen molar-refractivity contribution in [2.45, 2.75) is 18.9 Å². The molecule has 0 radical (unpaired) electrons. The van der Waals surface area contributed by atoms with E-state index in [0.717, 1.165) is 12.1 Å². The molecule has 1 aromatic carbocycles. The predicted octanol–water partition coefficient (Wildman–Crippen LogP) is 1.21. The SMILES string of the molecule is O=C(C1CCCN1C(=O)c1ccco1)N1CCN(c2nnnn2-c2ccccc2)CC1. The van der Waals surface area contributed by atoms with Gasteiger partial charge in [-0.05, 0) is 47.5 Å². The van der Waals surface area contributed by atoms with Crippen molar-refractivity contribution in [1.29, 1.82) is 0 Å². The van der Waals surface area contributed by atoms with Crippen LogP contribution in [0.2, 0.25) is 0 Å². The normalized spacial score (nSPS) is 19.1. The van der Waals surface area contributed by atoms with Crippen LogP contribution in [0.1, 0.15) is 23.4 Å². The second kappa shape index (κ2) is 8.21. The Bertz CT molecular complexity index is 1040. The summed E-state index contributed by atoms with van der Waals surface area (Å²) in [5.74, 6) is 0.715. The first-order chi connectivity index (χ1) is 15.2. The van der Waals surface area contributed by atoms with Gasteiger partial charge in [0.1, 0.15) is 6.04 Å². The zero-order chi connectivity index (χ0) is 21.2. The summed E-state index contributed by atoms with van der Waals surface area (Å²) in [6.45, 7) is 2.93. The maximum Gasteiger partial charge on any atom is 0.290 e. The van der Waals surface area contributed by atoms with Gasteiger partial charge in [0.25, 0.3) is 5.91 Å². The van der Waals surface area contributed by atoms with Gasteiger partial charge >= 0.3 is 0 Å². The Morgan fingerprint density at radius 1 is 0.968 bits per heavy atom. The zero-order valence-corrected chi connectivity index (χ0v) is 17.0. The number of tetrazole rings is 1. The van der Waals surface area contributed by atoms with Crippen molar-refractivity contribution in [1.82, 2.24) is 30.0 Å². The number of carbonyl (C=O) groups excluding carboxylic acids is 2. The van der Waals surface area contributed by atoms with E-state index in [2.05, 4.69) is 20.4 Å². The van der Waals surface area contributed by atoms with E-state index < -0.39 is 6.04 Å². The molecule has 2 aliphatic rings. The molecule has 2 saturated heterocycles. The average Bonchev–Trinajstić information content (AvgIpc) is 3.60. The Labute approximate surface area is 179 Å². The molecule has 2 fully saturated rings. The van der Waals surface area contributed by atoms with Gasteiger partial charge in [-0.15, -0.1) is 0 Å². The molecule has 4 heterocycles. The van der Waals surface area contributed by atoms with Gasteiger partial charge in [-0.25, -0.2) is 0 Å². The fraction of sp³-hybridized carbons (Fsp3) is 0.381. The number of anilines is 1. The lowest BCUT2D eigenvalue weighted by Crippen LogP contribution is -2.54. The summed E-state index contributed by atoms with van der Waals surface area (Å²) < 4.78 is 6.95. The highest BCUT2D eigenvalue weighted by molar-refractivity contribution is 5.96. The Balaban J connectivity index is 1.25. The fourth-order valence-corrected chi connectivity index (χ4v) is 4.26. The number of rotatable bonds is 4. The maximum absolute atomic E-state index is 13.2. The summed E-state index contributed by atoms with van der Waals surface area (Å²) in [6, 6.07) is 12.6. The highest BCUT2D eigenvalue weighted by atomic mass is 16.3. The van der Waals surface area contributed by atoms with E-state index >= 15 is 0 Å². The molecule has 1 atom stereocenters. The first kappa shape index (κ1) is 19.3. The number of para-hydroxylation sites is 1. The van der Waals surface area contributed by atoms with Crippen LogP contribution >= 0.6 is 0 Å². The van der Waals surface area contributed by atoms with Crippen LogP contribution in [0.25, 0.3) is 5.69 Å². The largest absolute Gasteiger partial charge is 0.459 e. The number of nitrogens with zero attached hydrogens (tertiary/aromatic N) is 7. The van der Waals surface area contributed by atoms with Crippen LogP contribution in [-0.2, 0) is 4.79 Å². The molecule has 5 rings (SSSR count). The van der Waals surface area contributed by atoms with Crippen LogP contribution in [0.15, 0.2) is 53.1 Å². The molecule has 0 spiro atoms. The maximum atomic E-state index is 13.2. The standard InChI is InChI=1S/C21H23N7O3/c29-19(17-8-4-10-27(17)20(30)18-9-5-15-31-18)25-11-13-26(14-12-25)21-22-23-24-28(21)16-6-2-1-3-7-16/h1-3,5-7,9,15,17H,4,8,10-14H2. The number of likely N-dealkylation sites (tertiary alicyclic amines) is 1. The Hall–Kier alpha value is -3.69. The quantitative estimate of drug-likeness (QED) is 0.624. The summed E-state index contributed by atoms with van der Waals surface area (Å²) in [7, 11) is 0. The third-order valence-electron chi connectivity index (χ3n) is 5.86. The van der Waals surface area contributed by atoms with Crippen LogP contribution in [0.3, 0.4) is 0 Å². The summed E-state index contributed by atoms with van der Waals surface area (Å²) in [5, 5.41) is 12.1. The Morgan fingerprint density at radius 2 is 1.77 bits per heavy atom. The second-order valence-electron chi connectivity index (χ2n) is 7.67. The molecular formula is C21H23N7O3. The number of benzene rings is 1. The van der Waals surface area contributed by atoms with E-state index in [-0.39, 0.29) is 17.6 Å². The lowest BCUT2D eigenvalue weighted by atomic mass is 10.1. The van der Waals surface area contributed by atoms with Gasteiger partial charge in [-0.3, -0.25) is 9.59 Å². The first-order valence-electron chi connectivity index (χ1n) is 10.4. The molecule has 0 N–H and O–H groups in total. The fourth-order valence-electron chi connectivity index (χ4n) is 4.26. The van der Waals surface area contributed by atoms with Gasteiger partial charge in [0.15, 0.2) is 5.76 Å². The van der Waals surface area contributed by atoms with Gasteiger partial charge in [0.2, 0.25) is 11.9 Å². The van der Waals surface area contributed by atoms with E-state index in [0.29, 0.717) is 45.1 Å². The summed E-state index contributed by atoms with van der Waals surface area (Å²) >= 11 is 0. The lowest BCUT2D eigenvalue weighted by molar-refractivity contribution is -0.135. The van der Waals surface area contributed by atoms with E-state index in [4.69, 9.17) is 4.42 Å². The van der Waals surface area contributed by atoms with Crippen LogP contribution in [0.5, 0.6) is 0 Å². The topological polar surface area (TPSA) is 101 Å². The lowest BCUT2D eigenvalue weighted by Gasteiger charge is -2.37. The summed E-state index contributed by atoms with van der Waals surface area (Å²) in [5.41, 5.74) is 0.888. The minimum absolute atomic E-state index is 0.000271. The van der Waals surface area contributed by atoms with Crippen molar-refractivity contribution in [2.24, 2.45) is 0 Å². The number of amides is 2. The van der Waals surface area contributed by atoms with E-state index in [1.807, 2.05) is 35.2 Å². The van der Waals surface area contributed by atoms with Crippen LogP contribution in [-0.4, -0.2) is 80.6 Å². The number of piperazine rings is 1. The van der Waals surface area contributed by atoms with Gasteiger partial charge in [-0.2, -0.15) is 4.68 Å². The molecule has 0 aliphatic carbocycles. The highest BCUT2D eigenvalue weighted by Gasteiger charge is 2.38. The zero-order valence-electron chi connectivity index (χ0n) is 17.0. The summed E-state index contributed by atoms with van der Waals surface area (Å²) in [4.78, 5) is 31.5. The number of aromatic nitrogens is 4. The smallest absolute Gasteiger partial charge is 0.290 e. The third kappa shape index (κ3) is 3.65. The van der Waals surface area contributed by atoms with E-state index in [1.54, 1.807) is 21.7 Å². The van der Waals surface area contributed by atoms with Gasteiger partial charge in [-0.1, -0.05) is 23.3 Å². The average molecular weight is 421 g/mol. The Kier molecular flexibility index (Phi) is 5.11. The van der Waals surface area contributed by atoms with Gasteiger partial charge in [0, 0.05) is 32.7 Å². The number of carbonyl (C=O) groups is 2. The summed E-state index contributed by atoms with van der Waals surface area (Å²) in [6.07, 6.45) is 2.97. The molecule has 2 aromatic heterocycles. The molecule has 1 unspecified atom stereocenters. The van der Waals surface area contributed by atoms with Crippen molar-refractivity contribution in [3.05, 3.63) is 54.5 Å². The van der Waals surface area contributed by atoms with Crippen molar-refractivity contribution in [3.63, 3.8) is 0 Å². The Morgan fingerprint density at radius 3 is 2.52 bits per heavy atom. The monoisotopic (exact) mass is 421 g/mol. The van der Waals surface area contributed by atoms with Crippen molar-refractivity contribution in [3.8, 4) is 5.69 Å². The molecule has 2 amide bonds. The minimum Gasteiger partial charge on any atom is -0.459 e. The van der Waals surface area contributed by atoms with Gasteiger partial charge < -0.3 is 19.1 Å². The third-order valence-corrected chi connectivity index (χ3v) is 5.86.